The van der Waals surface area contributed by atoms with Crippen molar-refractivity contribution in [3.05, 3.63) is 47.0 Å². The molecular formula is C18H17ClN2O4. The van der Waals surface area contributed by atoms with E-state index < -0.39 is 6.10 Å². The lowest BCUT2D eigenvalue weighted by Crippen LogP contribution is -2.34. The molecule has 2 aromatic rings. The highest BCUT2D eigenvalue weighted by atomic mass is 35.5. The van der Waals surface area contributed by atoms with Gasteiger partial charge in [-0.1, -0.05) is 17.7 Å². The molecule has 25 heavy (non-hydrogen) atoms. The average molecular weight is 361 g/mol. The summed E-state index contributed by atoms with van der Waals surface area (Å²) in [4.78, 5) is 23.7. The molecule has 0 radical (unpaired) electrons. The molecule has 6 nitrogen and oxygen atoms in total. The van der Waals surface area contributed by atoms with Crippen molar-refractivity contribution in [3.8, 4) is 11.5 Å². The van der Waals surface area contributed by atoms with Gasteiger partial charge in [-0.3, -0.25) is 9.59 Å². The summed E-state index contributed by atoms with van der Waals surface area (Å²) in [5.74, 6) is 0.451. The summed E-state index contributed by atoms with van der Waals surface area (Å²) < 4.78 is 10.9. The Bertz CT molecular complexity index is 838. The van der Waals surface area contributed by atoms with Crippen LogP contribution in [0.5, 0.6) is 11.5 Å². The number of hydrogen-bond donors (Lipinski definition) is 2. The highest BCUT2D eigenvalue weighted by Gasteiger charge is 2.23. The van der Waals surface area contributed by atoms with E-state index in [0.717, 1.165) is 5.56 Å². The molecule has 0 aromatic heterocycles. The summed E-state index contributed by atoms with van der Waals surface area (Å²) in [6.07, 6.45) is -0.541. The van der Waals surface area contributed by atoms with Gasteiger partial charge in [0.15, 0.2) is 12.7 Å². The van der Waals surface area contributed by atoms with Crippen LogP contribution in [0.3, 0.4) is 0 Å². The van der Waals surface area contributed by atoms with Gasteiger partial charge in [-0.25, -0.2) is 0 Å². The monoisotopic (exact) mass is 360 g/mol. The van der Waals surface area contributed by atoms with E-state index in [2.05, 4.69) is 10.6 Å². The van der Waals surface area contributed by atoms with Crippen molar-refractivity contribution in [2.24, 2.45) is 0 Å². The minimum Gasteiger partial charge on any atom is -0.482 e. The first-order valence-corrected chi connectivity index (χ1v) is 8.10. The number of fused-ring (bicyclic) bond motifs is 1. The molecule has 0 aliphatic carbocycles. The minimum absolute atomic E-state index is 0.180. The Labute approximate surface area is 150 Å². The van der Waals surface area contributed by atoms with Gasteiger partial charge in [-0.2, -0.15) is 0 Å². The van der Waals surface area contributed by atoms with E-state index in [4.69, 9.17) is 21.1 Å². The van der Waals surface area contributed by atoms with Crippen LogP contribution in [-0.2, 0) is 9.59 Å². The predicted octanol–water partition coefficient (Wildman–Crippen LogP) is 3.39. The van der Waals surface area contributed by atoms with Crippen LogP contribution < -0.4 is 20.1 Å². The van der Waals surface area contributed by atoms with Gasteiger partial charge in [0, 0.05) is 5.69 Å². The quantitative estimate of drug-likeness (QED) is 0.876. The Balaban J connectivity index is 1.63. The van der Waals surface area contributed by atoms with E-state index in [0.29, 0.717) is 27.9 Å². The van der Waals surface area contributed by atoms with Gasteiger partial charge in [-0.05, 0) is 49.7 Å². The van der Waals surface area contributed by atoms with E-state index in [1.54, 1.807) is 37.3 Å². The maximum atomic E-state index is 12.1. The van der Waals surface area contributed by atoms with Gasteiger partial charge in [0.1, 0.15) is 11.5 Å². The standard InChI is InChI=1S/C18H17ClN2O4/c1-10-3-5-13(19)16(7-10)24-9-17(22)20-12-4-6-15-14(8-12)21-18(23)11(2)25-15/h3-8,11H,9H2,1-2H3,(H,20,22)(H,21,23)/t11-/m0/s1. The molecule has 0 saturated heterocycles. The molecular weight excluding hydrogens is 344 g/mol. The van der Waals surface area contributed by atoms with E-state index in [1.165, 1.54) is 0 Å². The molecule has 0 bridgehead atoms. The lowest BCUT2D eigenvalue weighted by atomic mass is 10.2. The number of halogens is 1. The topological polar surface area (TPSA) is 76.7 Å². The molecule has 130 valence electrons. The zero-order valence-electron chi connectivity index (χ0n) is 13.8. The Morgan fingerprint density at radius 3 is 2.92 bits per heavy atom. The maximum Gasteiger partial charge on any atom is 0.265 e. The van der Waals surface area contributed by atoms with Crippen molar-refractivity contribution in [1.82, 2.24) is 0 Å². The molecule has 0 spiro atoms. The Morgan fingerprint density at radius 1 is 1.32 bits per heavy atom. The van der Waals surface area contributed by atoms with Gasteiger partial charge in [0.2, 0.25) is 0 Å². The predicted molar refractivity (Wildman–Crippen MR) is 95.5 cm³/mol. The number of hydrogen-bond acceptors (Lipinski definition) is 4. The van der Waals surface area contributed by atoms with Crippen molar-refractivity contribution in [1.29, 1.82) is 0 Å². The van der Waals surface area contributed by atoms with Gasteiger partial charge in [0.05, 0.1) is 10.7 Å². The molecule has 1 aliphatic heterocycles. The normalized spacial score (nSPS) is 15.6. The van der Waals surface area contributed by atoms with Crippen molar-refractivity contribution in [2.75, 3.05) is 17.2 Å². The number of aryl methyl sites for hydroxylation is 1. The zero-order chi connectivity index (χ0) is 18.0. The Kier molecular flexibility index (Phi) is 4.81. The highest BCUT2D eigenvalue weighted by Crippen LogP contribution is 2.32. The first-order chi connectivity index (χ1) is 11.9. The minimum atomic E-state index is -0.541. The van der Waals surface area contributed by atoms with Crippen LogP contribution in [0.15, 0.2) is 36.4 Å². The lowest BCUT2D eigenvalue weighted by molar-refractivity contribution is -0.122. The third-order valence-electron chi connectivity index (χ3n) is 3.64. The second-order valence-electron chi connectivity index (χ2n) is 5.73. The molecule has 0 unspecified atom stereocenters. The number of benzene rings is 2. The lowest BCUT2D eigenvalue weighted by Gasteiger charge is -2.23. The summed E-state index contributed by atoms with van der Waals surface area (Å²) in [7, 11) is 0. The largest absolute Gasteiger partial charge is 0.482 e. The van der Waals surface area contributed by atoms with Crippen molar-refractivity contribution >= 4 is 34.8 Å². The number of amides is 2. The second kappa shape index (κ2) is 7.03. The second-order valence-corrected chi connectivity index (χ2v) is 6.14. The number of carbonyl (C=O) groups excluding carboxylic acids is 2. The highest BCUT2D eigenvalue weighted by molar-refractivity contribution is 6.32. The molecule has 1 heterocycles. The van der Waals surface area contributed by atoms with Crippen molar-refractivity contribution in [3.63, 3.8) is 0 Å². The Hall–Kier alpha value is -2.73. The summed E-state index contributed by atoms with van der Waals surface area (Å²) >= 11 is 6.03. The van der Waals surface area contributed by atoms with Crippen LogP contribution in [0.4, 0.5) is 11.4 Å². The third kappa shape index (κ3) is 4.03. The summed E-state index contributed by atoms with van der Waals surface area (Å²) in [5.41, 5.74) is 2.03. The van der Waals surface area contributed by atoms with Gasteiger partial charge >= 0.3 is 0 Å². The third-order valence-corrected chi connectivity index (χ3v) is 3.95. The van der Waals surface area contributed by atoms with Crippen LogP contribution in [-0.4, -0.2) is 24.5 Å². The molecule has 0 saturated carbocycles. The van der Waals surface area contributed by atoms with Crippen molar-refractivity contribution in [2.45, 2.75) is 20.0 Å². The summed E-state index contributed by atoms with van der Waals surface area (Å²) in [6.45, 7) is 3.40. The van der Waals surface area contributed by atoms with Gasteiger partial charge in [0.25, 0.3) is 11.8 Å². The maximum absolute atomic E-state index is 12.1. The summed E-state index contributed by atoms with van der Waals surface area (Å²) in [6, 6.07) is 10.4. The smallest absolute Gasteiger partial charge is 0.265 e. The van der Waals surface area contributed by atoms with E-state index in [9.17, 15) is 9.59 Å². The fraction of sp³-hybridized carbons (Fsp3) is 0.222. The van der Waals surface area contributed by atoms with Crippen LogP contribution in [0, 0.1) is 6.92 Å². The molecule has 1 aliphatic rings. The number of rotatable bonds is 4. The van der Waals surface area contributed by atoms with Crippen LogP contribution in [0.1, 0.15) is 12.5 Å². The summed E-state index contributed by atoms with van der Waals surface area (Å²) in [5, 5.41) is 5.88. The van der Waals surface area contributed by atoms with Gasteiger partial charge in [-0.15, -0.1) is 0 Å². The fourth-order valence-corrected chi connectivity index (χ4v) is 2.52. The molecule has 3 rings (SSSR count). The number of nitrogens with one attached hydrogen (secondary N) is 2. The number of ether oxygens (including phenoxy) is 2. The van der Waals surface area contributed by atoms with Crippen LogP contribution in [0.25, 0.3) is 0 Å². The molecule has 7 heteroatoms. The molecule has 2 aromatic carbocycles. The Morgan fingerprint density at radius 2 is 2.12 bits per heavy atom. The molecule has 2 amide bonds. The SMILES string of the molecule is Cc1ccc(Cl)c(OCC(=O)Nc2ccc3c(c2)NC(=O)[C@H](C)O3)c1. The first-order valence-electron chi connectivity index (χ1n) is 7.73. The molecule has 2 N–H and O–H groups in total. The number of carbonyl (C=O) groups is 2. The van der Waals surface area contributed by atoms with Gasteiger partial charge < -0.3 is 20.1 Å². The van der Waals surface area contributed by atoms with Crippen LogP contribution in [0.2, 0.25) is 5.02 Å². The van der Waals surface area contributed by atoms with E-state index in [1.807, 2.05) is 13.0 Å². The zero-order valence-corrected chi connectivity index (χ0v) is 14.5. The van der Waals surface area contributed by atoms with E-state index >= 15 is 0 Å². The van der Waals surface area contributed by atoms with E-state index in [-0.39, 0.29) is 18.4 Å². The first kappa shape index (κ1) is 17.1. The fourth-order valence-electron chi connectivity index (χ4n) is 2.35. The molecule has 0 fully saturated rings. The van der Waals surface area contributed by atoms with Crippen molar-refractivity contribution < 1.29 is 19.1 Å². The van der Waals surface area contributed by atoms with Crippen LogP contribution >= 0.6 is 11.6 Å². The number of anilines is 2. The average Bonchev–Trinajstić information content (AvgIpc) is 2.57. The molecule has 1 atom stereocenters.